The zero-order valence-electron chi connectivity index (χ0n) is 10.3. The zero-order chi connectivity index (χ0) is 12.3. The molecule has 1 N–H and O–H groups in total. The van der Waals surface area contributed by atoms with E-state index in [1.807, 2.05) is 18.7 Å². The number of aromatic nitrogens is 2. The Balaban J connectivity index is 2.02. The third-order valence-electron chi connectivity index (χ3n) is 3.12. The van der Waals surface area contributed by atoms with Gasteiger partial charge in [0.15, 0.2) is 0 Å². The molecule has 5 nitrogen and oxygen atoms in total. The second-order valence-electron chi connectivity index (χ2n) is 4.32. The quantitative estimate of drug-likeness (QED) is 0.873. The van der Waals surface area contributed by atoms with E-state index in [1.165, 1.54) is 18.0 Å². The van der Waals surface area contributed by atoms with Crippen LogP contribution in [0.15, 0.2) is 0 Å². The van der Waals surface area contributed by atoms with Crippen LogP contribution in [0.2, 0.25) is 0 Å². The normalized spacial score (nSPS) is 19.5. The Morgan fingerprint density at radius 1 is 1.65 bits per heavy atom. The van der Waals surface area contributed by atoms with Gasteiger partial charge >= 0.3 is 0 Å². The van der Waals surface area contributed by atoms with E-state index in [9.17, 15) is 4.79 Å². The highest BCUT2D eigenvalue weighted by molar-refractivity contribution is 7.07. The smallest absolute Gasteiger partial charge is 0.267 e. The molecule has 6 heteroatoms. The molecular formula is C11H18N4OS. The van der Waals surface area contributed by atoms with Gasteiger partial charge in [-0.15, -0.1) is 5.10 Å². The van der Waals surface area contributed by atoms with Crippen molar-refractivity contribution >= 4 is 17.4 Å². The molecule has 0 radical (unpaired) electrons. The van der Waals surface area contributed by atoms with E-state index in [0.717, 1.165) is 31.7 Å². The zero-order valence-corrected chi connectivity index (χ0v) is 11.1. The van der Waals surface area contributed by atoms with Crippen molar-refractivity contribution in [3.05, 3.63) is 10.6 Å². The molecule has 2 rings (SSSR count). The van der Waals surface area contributed by atoms with Gasteiger partial charge in [-0.25, -0.2) is 0 Å². The fourth-order valence-electron chi connectivity index (χ4n) is 2.11. The molecule has 2 heterocycles. The molecule has 1 fully saturated rings. The average molecular weight is 254 g/mol. The minimum atomic E-state index is 0.0636. The lowest BCUT2D eigenvalue weighted by atomic mass is 10.2. The van der Waals surface area contributed by atoms with E-state index in [0.29, 0.717) is 10.9 Å². The van der Waals surface area contributed by atoms with Gasteiger partial charge in [-0.1, -0.05) is 4.49 Å². The first-order valence-electron chi connectivity index (χ1n) is 6.04. The number of nitrogens with one attached hydrogen (secondary N) is 1. The third kappa shape index (κ3) is 2.81. The summed E-state index contributed by atoms with van der Waals surface area (Å²) in [6, 6.07) is 0.445. The van der Waals surface area contributed by atoms with Gasteiger partial charge in [0.1, 0.15) is 4.88 Å². The molecule has 1 aromatic heterocycles. The fourth-order valence-corrected chi connectivity index (χ4v) is 2.73. The second kappa shape index (κ2) is 5.55. The minimum absolute atomic E-state index is 0.0636. The van der Waals surface area contributed by atoms with E-state index in [4.69, 9.17) is 0 Å². The van der Waals surface area contributed by atoms with Crippen LogP contribution in [0, 0.1) is 6.92 Å². The van der Waals surface area contributed by atoms with Crippen molar-refractivity contribution in [1.82, 2.24) is 19.8 Å². The van der Waals surface area contributed by atoms with Gasteiger partial charge in [-0.2, -0.15) is 0 Å². The minimum Gasteiger partial charge on any atom is -0.337 e. The molecule has 1 unspecified atom stereocenters. The number of likely N-dealkylation sites (N-methyl/N-ethyl adjacent to an activating group) is 1. The van der Waals surface area contributed by atoms with Crippen LogP contribution in [-0.4, -0.2) is 46.1 Å². The highest BCUT2D eigenvalue weighted by atomic mass is 32.1. The summed E-state index contributed by atoms with van der Waals surface area (Å²) in [5, 5.41) is 7.31. The summed E-state index contributed by atoms with van der Waals surface area (Å²) >= 11 is 1.19. The summed E-state index contributed by atoms with van der Waals surface area (Å²) in [5.41, 5.74) is 0.734. The van der Waals surface area contributed by atoms with Crippen molar-refractivity contribution in [1.29, 1.82) is 0 Å². The average Bonchev–Trinajstić information content (AvgIpc) is 2.96. The van der Waals surface area contributed by atoms with Gasteiger partial charge in [0, 0.05) is 19.1 Å². The number of hydrogen-bond acceptors (Lipinski definition) is 5. The molecular weight excluding hydrogens is 236 g/mol. The maximum Gasteiger partial charge on any atom is 0.267 e. The summed E-state index contributed by atoms with van der Waals surface area (Å²) in [7, 11) is 0. The van der Waals surface area contributed by atoms with Crippen molar-refractivity contribution in [3.63, 3.8) is 0 Å². The van der Waals surface area contributed by atoms with E-state index in [-0.39, 0.29) is 5.91 Å². The number of hydrogen-bond donors (Lipinski definition) is 1. The van der Waals surface area contributed by atoms with Gasteiger partial charge in [0.2, 0.25) is 0 Å². The monoisotopic (exact) mass is 254 g/mol. The molecule has 94 valence electrons. The molecule has 17 heavy (non-hydrogen) atoms. The number of rotatable bonds is 4. The topological polar surface area (TPSA) is 58.1 Å². The van der Waals surface area contributed by atoms with Crippen LogP contribution in [-0.2, 0) is 0 Å². The van der Waals surface area contributed by atoms with E-state index < -0.39 is 0 Å². The molecule has 1 aliphatic rings. The Hall–Kier alpha value is -1.01. The Kier molecular flexibility index (Phi) is 4.06. The van der Waals surface area contributed by atoms with Gasteiger partial charge < -0.3 is 10.2 Å². The predicted octanol–water partition coefficient (Wildman–Crippen LogP) is 1.06. The van der Waals surface area contributed by atoms with Gasteiger partial charge in [-0.3, -0.25) is 4.79 Å². The molecule has 1 saturated heterocycles. The molecule has 1 aliphatic heterocycles. The van der Waals surface area contributed by atoms with Crippen molar-refractivity contribution in [2.75, 3.05) is 19.6 Å². The standard InChI is InChI=1S/C11H18N4OS/c1-3-15(7-9-5-4-6-12-9)11(16)10-8(2)13-14-17-10/h9,12H,3-7H2,1-2H3. The highest BCUT2D eigenvalue weighted by Crippen LogP contribution is 2.14. The second-order valence-corrected chi connectivity index (χ2v) is 5.08. The van der Waals surface area contributed by atoms with Crippen molar-refractivity contribution in [2.45, 2.75) is 32.7 Å². The lowest BCUT2D eigenvalue weighted by Crippen LogP contribution is -2.40. The number of nitrogens with zero attached hydrogens (tertiary/aromatic N) is 3. The fraction of sp³-hybridized carbons (Fsp3) is 0.727. The molecule has 1 amide bonds. The van der Waals surface area contributed by atoms with Crippen LogP contribution in [0.5, 0.6) is 0 Å². The van der Waals surface area contributed by atoms with Crippen molar-refractivity contribution < 1.29 is 4.79 Å². The highest BCUT2D eigenvalue weighted by Gasteiger charge is 2.23. The molecule has 0 saturated carbocycles. The van der Waals surface area contributed by atoms with E-state index >= 15 is 0 Å². The maximum atomic E-state index is 12.3. The summed E-state index contributed by atoms with van der Waals surface area (Å²) in [6.07, 6.45) is 2.36. The van der Waals surface area contributed by atoms with E-state index in [1.54, 1.807) is 0 Å². The first kappa shape index (κ1) is 12.4. The van der Waals surface area contributed by atoms with Crippen LogP contribution < -0.4 is 5.32 Å². The number of carbonyl (C=O) groups excluding carboxylic acids is 1. The largest absolute Gasteiger partial charge is 0.337 e. The Bertz CT molecular complexity index is 387. The molecule has 1 aromatic rings. The lowest BCUT2D eigenvalue weighted by Gasteiger charge is -2.23. The summed E-state index contributed by atoms with van der Waals surface area (Å²) in [6.45, 7) is 6.42. The Morgan fingerprint density at radius 3 is 3.00 bits per heavy atom. The number of aryl methyl sites for hydroxylation is 1. The van der Waals surface area contributed by atoms with Crippen molar-refractivity contribution in [3.8, 4) is 0 Å². The maximum absolute atomic E-state index is 12.3. The number of amides is 1. The van der Waals surface area contributed by atoms with Crippen LogP contribution >= 0.6 is 11.5 Å². The predicted molar refractivity (Wildman–Crippen MR) is 67.2 cm³/mol. The van der Waals surface area contributed by atoms with Gasteiger partial charge in [-0.05, 0) is 44.8 Å². The van der Waals surface area contributed by atoms with Crippen LogP contribution in [0.25, 0.3) is 0 Å². The van der Waals surface area contributed by atoms with Gasteiger partial charge in [0.05, 0.1) is 5.69 Å². The van der Waals surface area contributed by atoms with Crippen LogP contribution in [0.1, 0.15) is 35.1 Å². The summed E-state index contributed by atoms with van der Waals surface area (Å²) in [4.78, 5) is 14.8. The Labute approximate surface area is 105 Å². The molecule has 0 spiro atoms. The summed E-state index contributed by atoms with van der Waals surface area (Å²) < 4.78 is 3.82. The third-order valence-corrected chi connectivity index (χ3v) is 3.93. The Morgan fingerprint density at radius 2 is 2.47 bits per heavy atom. The molecule has 0 bridgehead atoms. The van der Waals surface area contributed by atoms with E-state index in [2.05, 4.69) is 14.9 Å². The first-order valence-corrected chi connectivity index (χ1v) is 6.81. The molecule has 1 atom stereocenters. The molecule has 0 aromatic carbocycles. The van der Waals surface area contributed by atoms with Crippen molar-refractivity contribution in [2.24, 2.45) is 0 Å². The van der Waals surface area contributed by atoms with Crippen LogP contribution in [0.3, 0.4) is 0 Å². The number of carbonyl (C=O) groups is 1. The first-order chi connectivity index (χ1) is 8.22. The van der Waals surface area contributed by atoms with Gasteiger partial charge in [0.25, 0.3) is 5.91 Å². The molecule has 0 aliphatic carbocycles. The summed E-state index contributed by atoms with van der Waals surface area (Å²) in [5.74, 6) is 0.0636. The van der Waals surface area contributed by atoms with Crippen LogP contribution in [0.4, 0.5) is 0 Å². The SMILES string of the molecule is CCN(CC1CCCN1)C(=O)c1snnc1C. The lowest BCUT2D eigenvalue weighted by molar-refractivity contribution is 0.0755.